The lowest BCUT2D eigenvalue weighted by molar-refractivity contribution is 0.627. The first-order valence-electron chi connectivity index (χ1n) is 6.82. The van der Waals surface area contributed by atoms with Gasteiger partial charge in [0, 0.05) is 43.3 Å². The fourth-order valence-electron chi connectivity index (χ4n) is 2.77. The van der Waals surface area contributed by atoms with Crippen LogP contribution in [0.5, 0.6) is 0 Å². The fourth-order valence-corrected chi connectivity index (χ4v) is 4.75. The highest BCUT2D eigenvalue weighted by Gasteiger charge is 2.24. The molecule has 4 rings (SSSR count). The van der Waals surface area contributed by atoms with Crippen LogP contribution in [0.15, 0.2) is 50.7 Å². The van der Waals surface area contributed by atoms with Crippen LogP contribution in [0, 0.1) is 12.2 Å². The number of halogens is 3. The molecule has 1 nitrogen and oxygen atoms in total. The van der Waals surface area contributed by atoms with Gasteiger partial charge in [-0.15, -0.1) is 0 Å². The van der Waals surface area contributed by atoms with E-state index in [0.717, 1.165) is 48.8 Å². The van der Waals surface area contributed by atoms with Gasteiger partial charge in [-0.3, -0.25) is 0 Å². The molecule has 2 radical (unpaired) electrons. The Kier molecular flexibility index (Phi) is 3.71. The lowest BCUT2D eigenvalue weighted by Gasteiger charge is -2.04. The second-order valence-corrected chi connectivity index (χ2v) is 7.47. The largest absolute Gasteiger partial charge is 0.343 e. The maximum Gasteiger partial charge on any atom is 0.126 e. The second-order valence-electron chi connectivity index (χ2n) is 5.09. The van der Waals surface area contributed by atoms with Gasteiger partial charge in [-0.2, -0.15) is 0 Å². The van der Waals surface area contributed by atoms with Crippen molar-refractivity contribution in [3.8, 4) is 0 Å². The molecule has 0 unspecified atom stereocenters. The van der Waals surface area contributed by atoms with Gasteiger partial charge < -0.3 is 4.57 Å². The second kappa shape index (κ2) is 5.59. The van der Waals surface area contributed by atoms with Crippen LogP contribution in [-0.2, 0) is 6.54 Å². The minimum Gasteiger partial charge on any atom is -0.343 e. The molecular weight excluding hydrogens is 385 g/mol. The summed E-state index contributed by atoms with van der Waals surface area (Å²) in [5.74, 6) is -0.227. The molecule has 0 atom stereocenters. The summed E-state index contributed by atoms with van der Waals surface area (Å²) in [4.78, 5) is 2.21. The van der Waals surface area contributed by atoms with Gasteiger partial charge in [0.2, 0.25) is 0 Å². The van der Waals surface area contributed by atoms with Crippen molar-refractivity contribution < 1.29 is 4.39 Å². The Balaban J connectivity index is 1.91. The Bertz CT molecular complexity index is 873. The van der Waals surface area contributed by atoms with Crippen LogP contribution >= 0.6 is 39.3 Å². The fraction of sp³-hybridized carbons (Fsp3) is 0.118. The summed E-state index contributed by atoms with van der Waals surface area (Å²) >= 11 is 11.1. The van der Waals surface area contributed by atoms with E-state index >= 15 is 0 Å². The maximum atomic E-state index is 13.8. The van der Waals surface area contributed by atoms with Crippen LogP contribution in [-0.4, -0.2) is 4.57 Å². The van der Waals surface area contributed by atoms with Gasteiger partial charge in [0.25, 0.3) is 0 Å². The highest BCUT2D eigenvalue weighted by atomic mass is 79.9. The zero-order valence-electron chi connectivity index (χ0n) is 11.4. The summed E-state index contributed by atoms with van der Waals surface area (Å²) in [5, 5.41) is 1.77. The van der Waals surface area contributed by atoms with E-state index in [0.29, 0.717) is 0 Å². The standard InChI is InChI=1S/C17H10BrClFNS/c18-13-8-11(20)9-15-16(13)17(14-2-1-7-21(14)15)22-12-5-3-10(19)4-6-12/h3-6,8-9H,1,7H2. The van der Waals surface area contributed by atoms with Crippen molar-refractivity contribution in [1.29, 1.82) is 0 Å². The van der Waals surface area contributed by atoms with Crippen molar-refractivity contribution in [3.05, 3.63) is 63.8 Å². The van der Waals surface area contributed by atoms with E-state index in [4.69, 9.17) is 11.6 Å². The Morgan fingerprint density at radius 1 is 1.23 bits per heavy atom. The lowest BCUT2D eigenvalue weighted by atomic mass is 10.2. The Hall–Kier alpha value is -0.970. The molecule has 1 aliphatic rings. The molecule has 0 bridgehead atoms. The molecule has 1 aromatic heterocycles. The predicted molar refractivity (Wildman–Crippen MR) is 92.1 cm³/mol. The third kappa shape index (κ3) is 2.38. The Morgan fingerprint density at radius 2 is 2.00 bits per heavy atom. The molecule has 5 heteroatoms. The molecule has 0 saturated heterocycles. The molecule has 0 aliphatic carbocycles. The summed E-state index contributed by atoms with van der Waals surface area (Å²) in [6.07, 6.45) is 4.28. The molecule has 0 fully saturated rings. The van der Waals surface area contributed by atoms with E-state index in [1.807, 2.05) is 24.3 Å². The van der Waals surface area contributed by atoms with Gasteiger partial charge in [0.1, 0.15) is 5.82 Å². The summed E-state index contributed by atoms with van der Waals surface area (Å²) < 4.78 is 16.7. The number of hydrogen-bond acceptors (Lipinski definition) is 1. The summed E-state index contributed by atoms with van der Waals surface area (Å²) in [6, 6.07) is 10.9. The molecule has 2 aromatic carbocycles. The number of rotatable bonds is 2. The van der Waals surface area contributed by atoms with E-state index in [1.54, 1.807) is 17.8 Å². The monoisotopic (exact) mass is 393 g/mol. The Labute approximate surface area is 145 Å². The van der Waals surface area contributed by atoms with Gasteiger partial charge in [0.05, 0.1) is 5.52 Å². The molecule has 22 heavy (non-hydrogen) atoms. The normalized spacial score (nSPS) is 13.8. The van der Waals surface area contributed by atoms with Gasteiger partial charge >= 0.3 is 0 Å². The highest BCUT2D eigenvalue weighted by molar-refractivity contribution is 9.10. The average Bonchev–Trinajstić information content (AvgIpc) is 3.05. The number of benzene rings is 2. The minimum atomic E-state index is -0.227. The molecule has 0 spiro atoms. The van der Waals surface area contributed by atoms with Gasteiger partial charge in [-0.25, -0.2) is 4.39 Å². The first-order valence-corrected chi connectivity index (χ1v) is 8.81. The Morgan fingerprint density at radius 3 is 2.77 bits per heavy atom. The predicted octanol–water partition coefficient (Wildman–Crippen LogP) is 6.18. The van der Waals surface area contributed by atoms with Gasteiger partial charge in [-0.05, 0) is 58.7 Å². The van der Waals surface area contributed by atoms with Crippen molar-refractivity contribution in [2.45, 2.75) is 22.8 Å². The number of nitrogens with zero attached hydrogens (tertiary/aromatic N) is 1. The number of fused-ring (bicyclic) bond motifs is 3. The van der Waals surface area contributed by atoms with Crippen LogP contribution in [0.25, 0.3) is 10.9 Å². The molecule has 0 amide bonds. The third-order valence-electron chi connectivity index (χ3n) is 3.70. The zero-order chi connectivity index (χ0) is 15.3. The van der Waals surface area contributed by atoms with Crippen LogP contribution in [0.2, 0.25) is 5.02 Å². The highest BCUT2D eigenvalue weighted by Crippen LogP contribution is 2.44. The van der Waals surface area contributed by atoms with Crippen molar-refractivity contribution in [3.63, 3.8) is 0 Å². The van der Waals surface area contributed by atoms with Crippen molar-refractivity contribution >= 4 is 50.2 Å². The average molecular weight is 395 g/mol. The molecule has 110 valence electrons. The van der Waals surface area contributed by atoms with E-state index in [2.05, 4.69) is 26.9 Å². The third-order valence-corrected chi connectivity index (χ3v) is 5.69. The number of aromatic nitrogens is 1. The SMILES string of the molecule is Fc1cc(Br)c2c(Sc3ccc(Cl)cc3)c3n(c2c1)CC[C]3. The van der Waals surface area contributed by atoms with Gasteiger partial charge in [0.15, 0.2) is 0 Å². The molecule has 3 aromatic rings. The van der Waals surface area contributed by atoms with Crippen LogP contribution in [0.3, 0.4) is 0 Å². The molecule has 0 N–H and O–H groups in total. The van der Waals surface area contributed by atoms with Crippen molar-refractivity contribution in [2.75, 3.05) is 0 Å². The lowest BCUT2D eigenvalue weighted by Crippen LogP contribution is -1.91. The van der Waals surface area contributed by atoms with E-state index < -0.39 is 0 Å². The van der Waals surface area contributed by atoms with Crippen molar-refractivity contribution in [1.82, 2.24) is 4.57 Å². The minimum absolute atomic E-state index is 0.227. The molecule has 1 aliphatic heterocycles. The topological polar surface area (TPSA) is 4.93 Å². The summed E-state index contributed by atoms with van der Waals surface area (Å²) in [6.45, 7) is 0.850. The number of aryl methyl sites for hydroxylation is 1. The first-order chi connectivity index (χ1) is 10.6. The summed E-state index contributed by atoms with van der Waals surface area (Å²) in [7, 11) is 0. The smallest absolute Gasteiger partial charge is 0.126 e. The zero-order valence-corrected chi connectivity index (χ0v) is 14.5. The van der Waals surface area contributed by atoms with E-state index in [9.17, 15) is 4.39 Å². The van der Waals surface area contributed by atoms with Crippen LogP contribution in [0.1, 0.15) is 12.1 Å². The first kappa shape index (κ1) is 14.6. The van der Waals surface area contributed by atoms with Crippen molar-refractivity contribution in [2.24, 2.45) is 0 Å². The van der Waals surface area contributed by atoms with E-state index in [1.165, 1.54) is 6.07 Å². The molecular formula is C17H10BrClFNS. The number of hydrogen-bond donors (Lipinski definition) is 0. The summed E-state index contributed by atoms with van der Waals surface area (Å²) in [5.41, 5.74) is 1.98. The molecule has 2 heterocycles. The van der Waals surface area contributed by atoms with Gasteiger partial charge in [-0.1, -0.05) is 23.4 Å². The maximum absolute atomic E-state index is 13.8. The van der Waals surface area contributed by atoms with E-state index in [-0.39, 0.29) is 5.82 Å². The quantitative estimate of drug-likeness (QED) is 0.502. The van der Waals surface area contributed by atoms with Crippen LogP contribution in [0.4, 0.5) is 4.39 Å². The molecule has 0 saturated carbocycles. The van der Waals surface area contributed by atoms with Crippen LogP contribution < -0.4 is 0 Å².